The molecule has 2 N–H and O–H groups in total. The van der Waals surface area contributed by atoms with Crippen LogP contribution in [0.25, 0.3) is 0 Å². The van der Waals surface area contributed by atoms with E-state index in [1.54, 1.807) is 0 Å². The summed E-state index contributed by atoms with van der Waals surface area (Å²) in [5, 5.41) is 17.8. The van der Waals surface area contributed by atoms with Crippen molar-refractivity contribution >= 4 is 5.78 Å². The maximum absolute atomic E-state index is 11.3. The van der Waals surface area contributed by atoms with Crippen molar-refractivity contribution in [1.82, 2.24) is 0 Å². The summed E-state index contributed by atoms with van der Waals surface area (Å²) in [6, 6.07) is 0. The number of carbonyl (C=O) groups is 1. The average molecular weight is 341 g/mol. The van der Waals surface area contributed by atoms with Gasteiger partial charge in [0, 0.05) is 6.42 Å². The topological polar surface area (TPSA) is 57.5 Å². The Morgan fingerprint density at radius 3 is 1.75 bits per heavy atom. The minimum absolute atomic E-state index is 0.271. The fourth-order valence-corrected chi connectivity index (χ4v) is 2.83. The Morgan fingerprint density at radius 2 is 1.25 bits per heavy atom. The molecule has 0 heterocycles. The molecule has 0 spiro atoms. The van der Waals surface area contributed by atoms with Gasteiger partial charge in [0.25, 0.3) is 0 Å². The molecule has 0 saturated heterocycles. The van der Waals surface area contributed by atoms with Gasteiger partial charge in [-0.2, -0.15) is 0 Å². The molecule has 0 aliphatic heterocycles. The molecule has 1 unspecified atom stereocenters. The smallest absolute Gasteiger partial charge is 0.163 e. The molecule has 142 valence electrons. The van der Waals surface area contributed by atoms with Crippen LogP contribution in [0.4, 0.5) is 0 Å². The van der Waals surface area contributed by atoms with Crippen LogP contribution in [0.2, 0.25) is 0 Å². The van der Waals surface area contributed by atoms with Crippen molar-refractivity contribution < 1.29 is 15.0 Å². The fourth-order valence-electron chi connectivity index (χ4n) is 2.83. The third-order valence-corrected chi connectivity index (χ3v) is 4.49. The van der Waals surface area contributed by atoms with E-state index in [4.69, 9.17) is 10.2 Å². The van der Waals surface area contributed by atoms with Crippen LogP contribution >= 0.6 is 0 Å². The third-order valence-electron chi connectivity index (χ3n) is 4.49. The molecular weight excluding hydrogens is 300 g/mol. The van der Waals surface area contributed by atoms with Crippen LogP contribution in [-0.2, 0) is 4.79 Å². The molecular formula is C21H40O3. The van der Waals surface area contributed by atoms with Gasteiger partial charge in [0.05, 0.1) is 6.61 Å². The number of carbonyl (C=O) groups excluding carboxylic acids is 1. The Kier molecular flexibility index (Phi) is 18.1. The minimum Gasteiger partial charge on any atom is -0.393 e. The lowest BCUT2D eigenvalue weighted by atomic mass is 10.0. The number of unbranched alkanes of at least 4 members (excludes halogenated alkanes) is 12. The van der Waals surface area contributed by atoms with E-state index in [0.717, 1.165) is 6.42 Å². The maximum atomic E-state index is 11.3. The Balaban J connectivity index is 3.19. The first-order valence-corrected chi connectivity index (χ1v) is 10.2. The summed E-state index contributed by atoms with van der Waals surface area (Å²) in [6.45, 7) is 1.79. The van der Waals surface area contributed by atoms with Gasteiger partial charge in [-0.25, -0.2) is 0 Å². The molecule has 0 rings (SSSR count). The summed E-state index contributed by atoms with van der Waals surface area (Å²) < 4.78 is 0. The first kappa shape index (κ1) is 23.3. The number of hydrogen-bond acceptors (Lipinski definition) is 3. The summed E-state index contributed by atoms with van der Waals surface area (Å²) >= 11 is 0. The van der Waals surface area contributed by atoms with Crippen LogP contribution in [0.1, 0.15) is 103 Å². The lowest BCUT2D eigenvalue weighted by Crippen LogP contribution is -2.23. The van der Waals surface area contributed by atoms with Crippen molar-refractivity contribution in [2.24, 2.45) is 0 Å². The highest BCUT2D eigenvalue weighted by Crippen LogP contribution is 2.12. The molecule has 3 heteroatoms. The molecule has 0 bridgehead atoms. The van der Waals surface area contributed by atoms with E-state index >= 15 is 0 Å². The number of Topliss-reactive ketones (excluding diaryl/α,β-unsaturated/α-hetero) is 1. The van der Waals surface area contributed by atoms with Crippen molar-refractivity contribution in [2.45, 2.75) is 109 Å². The zero-order chi connectivity index (χ0) is 17.9. The van der Waals surface area contributed by atoms with E-state index < -0.39 is 12.7 Å². The molecule has 0 aromatic rings. The van der Waals surface area contributed by atoms with Gasteiger partial charge in [-0.1, -0.05) is 89.7 Å². The van der Waals surface area contributed by atoms with Gasteiger partial charge < -0.3 is 10.2 Å². The highest BCUT2D eigenvalue weighted by atomic mass is 16.3. The van der Waals surface area contributed by atoms with E-state index in [1.165, 1.54) is 77.0 Å². The predicted molar refractivity (Wildman–Crippen MR) is 102 cm³/mol. The molecule has 1 atom stereocenters. The highest BCUT2D eigenvalue weighted by molar-refractivity contribution is 5.82. The SMILES string of the molecule is CCCCCCCCCCCCCCC=CCCC(=O)C(O)CO. The predicted octanol–water partition coefficient (Wildman–Crippen LogP) is 5.34. The molecule has 0 radical (unpaired) electrons. The largest absolute Gasteiger partial charge is 0.393 e. The van der Waals surface area contributed by atoms with Gasteiger partial charge in [-0.15, -0.1) is 0 Å². The Hall–Kier alpha value is -0.670. The third kappa shape index (κ3) is 16.2. The Morgan fingerprint density at radius 1 is 0.792 bits per heavy atom. The highest BCUT2D eigenvalue weighted by Gasteiger charge is 2.11. The van der Waals surface area contributed by atoms with E-state index in [1.807, 2.05) is 6.08 Å². The van der Waals surface area contributed by atoms with Crippen LogP contribution in [0, 0.1) is 0 Å². The summed E-state index contributed by atoms with van der Waals surface area (Å²) in [7, 11) is 0. The molecule has 0 amide bonds. The van der Waals surface area contributed by atoms with Crippen LogP contribution in [0.15, 0.2) is 12.2 Å². The normalized spacial score (nSPS) is 12.8. The molecule has 3 nitrogen and oxygen atoms in total. The number of hydrogen-bond donors (Lipinski definition) is 2. The summed E-state index contributed by atoms with van der Waals surface area (Å²) in [4.78, 5) is 11.3. The lowest BCUT2D eigenvalue weighted by molar-refractivity contribution is -0.128. The lowest BCUT2D eigenvalue weighted by Gasteiger charge is -2.03. The molecule has 24 heavy (non-hydrogen) atoms. The quantitative estimate of drug-likeness (QED) is 0.262. The number of allylic oxidation sites excluding steroid dienone is 2. The molecule has 0 aromatic heterocycles. The van der Waals surface area contributed by atoms with Crippen LogP contribution in [-0.4, -0.2) is 28.7 Å². The van der Waals surface area contributed by atoms with Crippen LogP contribution in [0.5, 0.6) is 0 Å². The first-order chi connectivity index (χ1) is 11.7. The first-order valence-electron chi connectivity index (χ1n) is 10.2. The standard InChI is InChI=1S/C21H40O3/c1-2-3-4-5-6-7-8-9-10-11-12-13-14-15-16-17-18-20(23)21(24)19-22/h15-16,21-22,24H,2-14,17-19H2,1H3. The van der Waals surface area contributed by atoms with Crippen LogP contribution in [0.3, 0.4) is 0 Å². The minimum atomic E-state index is -1.20. The van der Waals surface area contributed by atoms with E-state index in [9.17, 15) is 4.79 Å². The zero-order valence-corrected chi connectivity index (χ0v) is 15.8. The average Bonchev–Trinajstić information content (AvgIpc) is 2.60. The summed E-state index contributed by atoms with van der Waals surface area (Å²) in [5.74, 6) is -0.271. The van der Waals surface area contributed by atoms with Gasteiger partial charge in [-0.3, -0.25) is 4.79 Å². The maximum Gasteiger partial charge on any atom is 0.163 e. The van der Waals surface area contributed by atoms with Crippen molar-refractivity contribution in [2.75, 3.05) is 6.61 Å². The van der Waals surface area contributed by atoms with E-state index in [2.05, 4.69) is 13.0 Å². The van der Waals surface area contributed by atoms with Crippen molar-refractivity contribution in [3.63, 3.8) is 0 Å². The van der Waals surface area contributed by atoms with E-state index in [-0.39, 0.29) is 5.78 Å². The Labute approximate surface area is 149 Å². The van der Waals surface area contributed by atoms with Gasteiger partial charge in [0.1, 0.15) is 6.10 Å². The second-order valence-corrected chi connectivity index (χ2v) is 6.85. The fraction of sp³-hybridized carbons (Fsp3) is 0.857. The monoisotopic (exact) mass is 340 g/mol. The Bertz CT molecular complexity index is 299. The van der Waals surface area contributed by atoms with Gasteiger partial charge in [0.15, 0.2) is 5.78 Å². The van der Waals surface area contributed by atoms with Gasteiger partial charge in [0.2, 0.25) is 0 Å². The second-order valence-electron chi connectivity index (χ2n) is 6.85. The van der Waals surface area contributed by atoms with Crippen molar-refractivity contribution in [1.29, 1.82) is 0 Å². The number of aliphatic hydroxyl groups excluding tert-OH is 2. The molecule has 0 saturated carbocycles. The van der Waals surface area contributed by atoms with Crippen molar-refractivity contribution in [3.8, 4) is 0 Å². The van der Waals surface area contributed by atoms with Crippen LogP contribution < -0.4 is 0 Å². The molecule has 0 aliphatic rings. The zero-order valence-electron chi connectivity index (χ0n) is 15.8. The number of ketones is 1. The van der Waals surface area contributed by atoms with Gasteiger partial charge in [-0.05, 0) is 19.3 Å². The molecule has 0 aliphatic carbocycles. The van der Waals surface area contributed by atoms with Gasteiger partial charge >= 0.3 is 0 Å². The second kappa shape index (κ2) is 18.7. The number of rotatable bonds is 18. The molecule has 0 fully saturated rings. The molecule has 0 aromatic carbocycles. The van der Waals surface area contributed by atoms with E-state index in [0.29, 0.717) is 12.8 Å². The summed E-state index contributed by atoms with van der Waals surface area (Å²) in [6.07, 6.45) is 21.4. The van der Waals surface area contributed by atoms with Crippen molar-refractivity contribution in [3.05, 3.63) is 12.2 Å². The summed E-state index contributed by atoms with van der Waals surface area (Å²) in [5.41, 5.74) is 0. The number of aliphatic hydroxyl groups is 2.